The summed E-state index contributed by atoms with van der Waals surface area (Å²) in [6.07, 6.45) is 0. The zero-order valence-electron chi connectivity index (χ0n) is 7.52. The molecule has 0 aliphatic heterocycles. The third-order valence-electron chi connectivity index (χ3n) is 2.16. The molecule has 1 amide bonds. The largest absolute Gasteiger partial charge is 0.397 e. The summed E-state index contributed by atoms with van der Waals surface area (Å²) in [4.78, 5) is 11.0. The normalized spacial score (nSPS) is 10.1. The highest BCUT2D eigenvalue weighted by Crippen LogP contribution is 2.27. The van der Waals surface area contributed by atoms with Gasteiger partial charge in [-0.2, -0.15) is 0 Å². The molecule has 0 unspecified atom stereocenters. The molecule has 0 radical (unpaired) electrons. The number of hydrogen-bond acceptors (Lipinski definition) is 2. The predicted molar refractivity (Wildman–Crippen MR) is 53.9 cm³/mol. The number of nitrogen functional groups attached to an aromatic ring is 1. The Morgan fingerprint density at radius 1 is 1.38 bits per heavy atom. The number of hydrogen-bond donors (Lipinski definition) is 2. The molecule has 3 nitrogen and oxygen atoms in total. The number of anilines is 1. The van der Waals surface area contributed by atoms with Crippen LogP contribution in [0.25, 0.3) is 0 Å². The molecule has 70 valence electrons. The van der Waals surface area contributed by atoms with Crippen LogP contribution in [0.5, 0.6) is 0 Å². The average molecular weight is 199 g/mol. The lowest BCUT2D eigenvalue weighted by atomic mass is 10.0. The van der Waals surface area contributed by atoms with Gasteiger partial charge in [0.15, 0.2) is 0 Å². The van der Waals surface area contributed by atoms with Crippen LogP contribution in [0.2, 0.25) is 5.02 Å². The maximum Gasteiger partial charge on any atom is 0.249 e. The molecule has 0 aromatic heterocycles. The summed E-state index contributed by atoms with van der Waals surface area (Å²) < 4.78 is 0. The first-order chi connectivity index (χ1) is 5.95. The fourth-order valence-corrected chi connectivity index (χ4v) is 1.40. The first kappa shape index (κ1) is 9.86. The number of halogens is 1. The fraction of sp³-hybridized carbons (Fsp3) is 0.222. The Balaban J connectivity index is 3.50. The number of rotatable bonds is 1. The fourth-order valence-electron chi connectivity index (χ4n) is 1.15. The second-order valence-corrected chi connectivity index (χ2v) is 3.34. The number of benzene rings is 1. The molecule has 1 rings (SSSR count). The third kappa shape index (κ3) is 1.60. The second kappa shape index (κ2) is 3.26. The monoisotopic (exact) mass is 198 g/mol. The Morgan fingerprint density at radius 2 is 1.92 bits per heavy atom. The first-order valence-electron chi connectivity index (χ1n) is 3.80. The van der Waals surface area contributed by atoms with E-state index >= 15 is 0 Å². The number of primary amides is 1. The van der Waals surface area contributed by atoms with Crippen LogP contribution >= 0.6 is 11.6 Å². The van der Waals surface area contributed by atoms with Gasteiger partial charge in [0.05, 0.1) is 10.7 Å². The SMILES string of the molecule is Cc1c(C(N)=O)cc(Cl)c(N)c1C. The van der Waals surface area contributed by atoms with Crippen molar-refractivity contribution in [3.8, 4) is 0 Å². The van der Waals surface area contributed by atoms with Crippen molar-refractivity contribution < 1.29 is 4.79 Å². The quantitative estimate of drug-likeness (QED) is 0.674. The minimum atomic E-state index is -0.484. The maximum absolute atomic E-state index is 11.0. The molecule has 13 heavy (non-hydrogen) atoms. The molecule has 0 saturated heterocycles. The van der Waals surface area contributed by atoms with Gasteiger partial charge in [-0.05, 0) is 31.0 Å². The van der Waals surface area contributed by atoms with Crippen LogP contribution < -0.4 is 11.5 Å². The molecule has 0 fully saturated rings. The van der Waals surface area contributed by atoms with Gasteiger partial charge in [0.2, 0.25) is 5.91 Å². The minimum absolute atomic E-state index is 0.372. The number of carbonyl (C=O) groups excluding carboxylic acids is 1. The van der Waals surface area contributed by atoms with Crippen molar-refractivity contribution in [2.75, 3.05) is 5.73 Å². The lowest BCUT2D eigenvalue weighted by molar-refractivity contribution is 0.0999. The summed E-state index contributed by atoms with van der Waals surface area (Å²) in [5.41, 5.74) is 13.4. The van der Waals surface area contributed by atoms with Crippen molar-refractivity contribution >= 4 is 23.2 Å². The Morgan fingerprint density at radius 3 is 2.38 bits per heavy atom. The van der Waals surface area contributed by atoms with Crippen LogP contribution in [-0.2, 0) is 0 Å². The van der Waals surface area contributed by atoms with Gasteiger partial charge >= 0.3 is 0 Å². The molecule has 0 bridgehead atoms. The van der Waals surface area contributed by atoms with Crippen molar-refractivity contribution in [3.63, 3.8) is 0 Å². The van der Waals surface area contributed by atoms with Crippen molar-refractivity contribution in [1.82, 2.24) is 0 Å². The summed E-state index contributed by atoms with van der Waals surface area (Å²) in [6.45, 7) is 3.60. The van der Waals surface area contributed by atoms with Crippen molar-refractivity contribution in [1.29, 1.82) is 0 Å². The maximum atomic E-state index is 11.0. The van der Waals surface area contributed by atoms with E-state index in [0.29, 0.717) is 16.3 Å². The Bertz CT molecular complexity index is 374. The van der Waals surface area contributed by atoms with E-state index in [0.717, 1.165) is 11.1 Å². The van der Waals surface area contributed by atoms with Gasteiger partial charge < -0.3 is 11.5 Å². The van der Waals surface area contributed by atoms with Gasteiger partial charge in [-0.1, -0.05) is 11.6 Å². The standard InChI is InChI=1S/C9H11ClN2O/c1-4-5(2)8(11)7(10)3-6(4)9(12)13/h3H,11H2,1-2H3,(H2,12,13). The molecule has 0 aliphatic carbocycles. The molecule has 0 saturated carbocycles. The van der Waals surface area contributed by atoms with Gasteiger partial charge in [-0.25, -0.2) is 0 Å². The summed E-state index contributed by atoms with van der Waals surface area (Å²) in [5.74, 6) is -0.484. The van der Waals surface area contributed by atoms with E-state index in [-0.39, 0.29) is 0 Å². The average Bonchev–Trinajstić information content (AvgIpc) is 2.07. The zero-order valence-corrected chi connectivity index (χ0v) is 8.27. The van der Waals surface area contributed by atoms with Crippen LogP contribution in [-0.4, -0.2) is 5.91 Å². The van der Waals surface area contributed by atoms with Gasteiger partial charge in [0.25, 0.3) is 0 Å². The van der Waals surface area contributed by atoms with Gasteiger partial charge in [0, 0.05) is 5.56 Å². The van der Waals surface area contributed by atoms with Crippen LogP contribution in [0.3, 0.4) is 0 Å². The molecular formula is C9H11ClN2O. The second-order valence-electron chi connectivity index (χ2n) is 2.93. The molecule has 0 spiro atoms. The summed E-state index contributed by atoms with van der Waals surface area (Å²) in [6, 6.07) is 1.50. The van der Waals surface area contributed by atoms with E-state index in [9.17, 15) is 4.79 Å². The molecule has 0 aliphatic rings. The van der Waals surface area contributed by atoms with Crippen LogP contribution in [0, 0.1) is 13.8 Å². The number of amides is 1. The van der Waals surface area contributed by atoms with E-state index < -0.39 is 5.91 Å². The van der Waals surface area contributed by atoms with E-state index in [2.05, 4.69) is 0 Å². The summed E-state index contributed by atoms with van der Waals surface area (Å²) in [7, 11) is 0. The summed E-state index contributed by atoms with van der Waals surface area (Å²) >= 11 is 5.80. The summed E-state index contributed by atoms with van der Waals surface area (Å²) in [5, 5.41) is 0.372. The lowest BCUT2D eigenvalue weighted by Crippen LogP contribution is -2.14. The minimum Gasteiger partial charge on any atom is -0.397 e. The van der Waals surface area contributed by atoms with E-state index in [1.807, 2.05) is 6.92 Å². The van der Waals surface area contributed by atoms with E-state index in [1.165, 1.54) is 6.07 Å². The Hall–Kier alpha value is -1.22. The van der Waals surface area contributed by atoms with Crippen molar-refractivity contribution in [2.45, 2.75) is 13.8 Å². The molecule has 1 aromatic rings. The number of carbonyl (C=O) groups is 1. The highest BCUT2D eigenvalue weighted by Gasteiger charge is 2.11. The van der Waals surface area contributed by atoms with Gasteiger partial charge in [-0.3, -0.25) is 4.79 Å². The molecular weight excluding hydrogens is 188 g/mol. The molecule has 1 aromatic carbocycles. The first-order valence-corrected chi connectivity index (χ1v) is 4.18. The van der Waals surface area contributed by atoms with Crippen molar-refractivity contribution in [2.24, 2.45) is 5.73 Å². The number of nitrogens with two attached hydrogens (primary N) is 2. The van der Waals surface area contributed by atoms with E-state index in [1.54, 1.807) is 6.92 Å². The lowest BCUT2D eigenvalue weighted by Gasteiger charge is -2.09. The highest BCUT2D eigenvalue weighted by molar-refractivity contribution is 6.33. The molecule has 0 atom stereocenters. The van der Waals surface area contributed by atoms with Crippen molar-refractivity contribution in [3.05, 3.63) is 27.8 Å². The van der Waals surface area contributed by atoms with Crippen LogP contribution in [0.1, 0.15) is 21.5 Å². The van der Waals surface area contributed by atoms with Gasteiger partial charge in [-0.15, -0.1) is 0 Å². The van der Waals surface area contributed by atoms with Gasteiger partial charge in [0.1, 0.15) is 0 Å². The van der Waals surface area contributed by atoms with Crippen LogP contribution in [0.4, 0.5) is 5.69 Å². The molecule has 4 heteroatoms. The Kier molecular flexibility index (Phi) is 2.48. The molecule has 0 heterocycles. The Labute approximate surface area is 81.7 Å². The van der Waals surface area contributed by atoms with Crippen LogP contribution in [0.15, 0.2) is 6.07 Å². The van der Waals surface area contributed by atoms with E-state index in [4.69, 9.17) is 23.1 Å². The highest BCUT2D eigenvalue weighted by atomic mass is 35.5. The predicted octanol–water partition coefficient (Wildman–Crippen LogP) is 1.64. The topological polar surface area (TPSA) is 69.1 Å². The zero-order chi connectivity index (χ0) is 10.2. The smallest absolute Gasteiger partial charge is 0.249 e. The third-order valence-corrected chi connectivity index (χ3v) is 2.48. The molecule has 4 N–H and O–H groups in total.